The van der Waals surface area contributed by atoms with Crippen molar-refractivity contribution in [2.24, 2.45) is 0 Å². The van der Waals surface area contributed by atoms with Gasteiger partial charge in [-0.2, -0.15) is 0 Å². The fourth-order valence-electron chi connectivity index (χ4n) is 0.560. The summed E-state index contributed by atoms with van der Waals surface area (Å²) in [7, 11) is 0. The summed E-state index contributed by atoms with van der Waals surface area (Å²) in [5.41, 5.74) is 0. The molecule has 0 aromatic carbocycles. The molecule has 0 aliphatic carbocycles. The minimum atomic E-state index is -0.930. The SMILES string of the molecule is O=C(O)CCCNCC(=O)O.[Na].[Na]. The molecule has 0 atom stereocenters. The van der Waals surface area contributed by atoms with E-state index in [4.69, 9.17) is 10.2 Å². The Hall–Kier alpha value is 0.900. The summed E-state index contributed by atoms with van der Waals surface area (Å²) < 4.78 is 0. The molecule has 66 valence electrons. The maximum absolute atomic E-state index is 9.95. The molecule has 0 heterocycles. The van der Waals surface area contributed by atoms with Crippen LogP contribution in [0.2, 0.25) is 0 Å². The van der Waals surface area contributed by atoms with E-state index in [0.717, 1.165) is 0 Å². The molecular formula is C6H11NNa2O4. The van der Waals surface area contributed by atoms with Crippen molar-refractivity contribution in [2.45, 2.75) is 12.8 Å². The van der Waals surface area contributed by atoms with E-state index in [0.29, 0.717) is 13.0 Å². The Morgan fingerprint density at radius 2 is 1.62 bits per heavy atom. The average molecular weight is 207 g/mol. The first-order valence-electron chi connectivity index (χ1n) is 3.27. The number of rotatable bonds is 6. The standard InChI is InChI=1S/C6H11NO4.2Na/c8-5(9)2-1-3-7-4-6(10)11;;/h7H,1-4H2,(H,8,9)(H,10,11);;. The Kier molecular flexibility index (Phi) is 19.3. The van der Waals surface area contributed by atoms with E-state index in [2.05, 4.69) is 5.32 Å². The quantitative estimate of drug-likeness (QED) is 0.375. The Bertz CT molecular complexity index is 138. The van der Waals surface area contributed by atoms with Gasteiger partial charge in [0, 0.05) is 65.5 Å². The van der Waals surface area contributed by atoms with Gasteiger partial charge in [-0.15, -0.1) is 0 Å². The molecule has 0 unspecified atom stereocenters. The third-order valence-electron chi connectivity index (χ3n) is 1.02. The summed E-state index contributed by atoms with van der Waals surface area (Å²) in [6.07, 6.45) is 0.537. The zero-order valence-corrected chi connectivity index (χ0v) is 12.0. The van der Waals surface area contributed by atoms with Gasteiger partial charge in [0.05, 0.1) is 6.54 Å². The van der Waals surface area contributed by atoms with Crippen LogP contribution >= 0.6 is 0 Å². The van der Waals surface area contributed by atoms with Crippen LogP contribution in [0, 0.1) is 0 Å². The van der Waals surface area contributed by atoms with E-state index < -0.39 is 11.9 Å². The topological polar surface area (TPSA) is 86.6 Å². The van der Waals surface area contributed by atoms with Gasteiger partial charge in [0.25, 0.3) is 0 Å². The number of carboxylic acids is 2. The second kappa shape index (κ2) is 12.9. The molecule has 0 saturated carbocycles. The molecule has 2 radical (unpaired) electrons. The first-order chi connectivity index (χ1) is 5.13. The molecule has 0 spiro atoms. The minimum absolute atomic E-state index is 0. The number of hydrogen-bond acceptors (Lipinski definition) is 3. The van der Waals surface area contributed by atoms with Crippen molar-refractivity contribution in [2.75, 3.05) is 13.1 Å². The summed E-state index contributed by atoms with van der Waals surface area (Å²) >= 11 is 0. The van der Waals surface area contributed by atoms with Crippen LogP contribution in [0.4, 0.5) is 0 Å². The van der Waals surface area contributed by atoms with Crippen LogP contribution in [0.25, 0.3) is 0 Å². The number of carbonyl (C=O) groups is 2. The van der Waals surface area contributed by atoms with Crippen LogP contribution in [0.1, 0.15) is 12.8 Å². The molecule has 13 heavy (non-hydrogen) atoms. The molecule has 0 fully saturated rings. The molecule has 0 bridgehead atoms. The monoisotopic (exact) mass is 207 g/mol. The van der Waals surface area contributed by atoms with E-state index in [1.165, 1.54) is 0 Å². The predicted octanol–water partition coefficient (Wildman–Crippen LogP) is -1.24. The van der Waals surface area contributed by atoms with Gasteiger partial charge in [-0.25, -0.2) is 0 Å². The van der Waals surface area contributed by atoms with E-state index in [1.807, 2.05) is 0 Å². The number of hydrogen-bond donors (Lipinski definition) is 3. The van der Waals surface area contributed by atoms with Gasteiger partial charge in [-0.1, -0.05) is 0 Å². The third kappa shape index (κ3) is 19.3. The molecule has 0 aromatic rings. The van der Waals surface area contributed by atoms with E-state index in [-0.39, 0.29) is 72.1 Å². The van der Waals surface area contributed by atoms with Crippen LogP contribution in [-0.2, 0) is 9.59 Å². The first kappa shape index (κ1) is 19.5. The predicted molar refractivity (Wildman–Crippen MR) is 48.9 cm³/mol. The largest absolute Gasteiger partial charge is 0.481 e. The van der Waals surface area contributed by atoms with E-state index in [9.17, 15) is 9.59 Å². The molecule has 0 aliphatic rings. The van der Waals surface area contributed by atoms with Crippen LogP contribution in [0.15, 0.2) is 0 Å². The number of aliphatic carboxylic acids is 2. The summed E-state index contributed by atoms with van der Waals surface area (Å²) in [4.78, 5) is 19.9. The summed E-state index contributed by atoms with van der Waals surface area (Å²) in [6.45, 7) is 0.318. The zero-order valence-electron chi connectivity index (χ0n) is 8.04. The van der Waals surface area contributed by atoms with Crippen molar-refractivity contribution in [1.29, 1.82) is 0 Å². The van der Waals surface area contributed by atoms with Crippen LogP contribution in [-0.4, -0.2) is 94.4 Å². The van der Waals surface area contributed by atoms with E-state index >= 15 is 0 Å². The second-order valence-corrected chi connectivity index (χ2v) is 2.07. The molecule has 0 aromatic heterocycles. The average Bonchev–Trinajstić information content (AvgIpc) is 1.85. The smallest absolute Gasteiger partial charge is 0.317 e. The normalized spacial score (nSPS) is 8.00. The van der Waals surface area contributed by atoms with Gasteiger partial charge in [0.15, 0.2) is 0 Å². The molecule has 0 amide bonds. The van der Waals surface area contributed by atoms with E-state index in [1.54, 1.807) is 0 Å². The van der Waals surface area contributed by atoms with Crippen molar-refractivity contribution in [1.82, 2.24) is 5.32 Å². The summed E-state index contributed by atoms with van der Waals surface area (Å²) in [5.74, 6) is -1.79. The minimum Gasteiger partial charge on any atom is -0.481 e. The molecular weight excluding hydrogens is 196 g/mol. The van der Waals surface area contributed by atoms with Gasteiger partial charge in [-0.3, -0.25) is 9.59 Å². The molecule has 7 heteroatoms. The first-order valence-corrected chi connectivity index (χ1v) is 3.27. The van der Waals surface area contributed by atoms with Crippen LogP contribution in [0.3, 0.4) is 0 Å². The fraction of sp³-hybridized carbons (Fsp3) is 0.667. The van der Waals surface area contributed by atoms with Gasteiger partial charge in [0.1, 0.15) is 0 Å². The van der Waals surface area contributed by atoms with Crippen molar-refractivity contribution in [3.63, 3.8) is 0 Å². The summed E-state index contributed by atoms with van der Waals surface area (Å²) in [6, 6.07) is 0. The van der Waals surface area contributed by atoms with Crippen molar-refractivity contribution in [3.8, 4) is 0 Å². The Morgan fingerprint density at radius 3 is 2.00 bits per heavy atom. The fourth-order valence-corrected chi connectivity index (χ4v) is 0.560. The molecule has 0 saturated heterocycles. The second-order valence-electron chi connectivity index (χ2n) is 2.07. The molecule has 0 aliphatic heterocycles. The molecule has 0 rings (SSSR count). The Labute approximate surface area is 121 Å². The van der Waals surface area contributed by atoms with Crippen molar-refractivity contribution in [3.05, 3.63) is 0 Å². The molecule has 3 N–H and O–H groups in total. The maximum atomic E-state index is 9.95. The van der Waals surface area contributed by atoms with Gasteiger partial charge in [0.2, 0.25) is 0 Å². The Balaban J connectivity index is -0.000000500. The Morgan fingerprint density at radius 1 is 1.08 bits per heavy atom. The van der Waals surface area contributed by atoms with Gasteiger partial charge >= 0.3 is 11.9 Å². The van der Waals surface area contributed by atoms with Gasteiger partial charge in [-0.05, 0) is 13.0 Å². The van der Waals surface area contributed by atoms with Crippen LogP contribution < -0.4 is 5.32 Å². The van der Waals surface area contributed by atoms with Crippen LogP contribution in [0.5, 0.6) is 0 Å². The maximum Gasteiger partial charge on any atom is 0.317 e. The third-order valence-corrected chi connectivity index (χ3v) is 1.02. The van der Waals surface area contributed by atoms with Gasteiger partial charge < -0.3 is 15.5 Å². The summed E-state index contributed by atoms with van der Waals surface area (Å²) in [5, 5.41) is 18.9. The number of nitrogens with one attached hydrogen (secondary N) is 1. The van der Waals surface area contributed by atoms with Crippen molar-refractivity contribution < 1.29 is 19.8 Å². The van der Waals surface area contributed by atoms with Crippen molar-refractivity contribution >= 4 is 71.1 Å². The number of carboxylic acid groups (broad SMARTS) is 2. The molecule has 5 nitrogen and oxygen atoms in total. The zero-order chi connectivity index (χ0) is 8.69.